The molecule has 0 radical (unpaired) electrons. The molecule has 20 heavy (non-hydrogen) atoms. The van der Waals surface area contributed by atoms with Crippen LogP contribution in [-0.4, -0.2) is 19.6 Å². The first kappa shape index (κ1) is 15.7. The summed E-state index contributed by atoms with van der Waals surface area (Å²) in [5.41, 5.74) is 2.41. The third kappa shape index (κ3) is 4.39. The molecule has 0 bridgehead atoms. The number of nitrogens with one attached hydrogen (secondary N) is 1. The van der Waals surface area contributed by atoms with E-state index in [1.807, 2.05) is 0 Å². The summed E-state index contributed by atoms with van der Waals surface area (Å²) in [5.74, 6) is 0.846. The minimum atomic E-state index is 0.499. The Morgan fingerprint density at radius 2 is 2.00 bits per heavy atom. The van der Waals surface area contributed by atoms with E-state index in [2.05, 4.69) is 49.3 Å². The van der Waals surface area contributed by atoms with E-state index in [4.69, 9.17) is 11.6 Å². The van der Waals surface area contributed by atoms with Crippen molar-refractivity contribution in [1.82, 2.24) is 5.32 Å². The predicted octanol–water partition coefficient (Wildman–Crippen LogP) is 4.46. The van der Waals surface area contributed by atoms with E-state index in [0.29, 0.717) is 6.04 Å². The van der Waals surface area contributed by atoms with Gasteiger partial charge in [-0.25, -0.2) is 0 Å². The zero-order chi connectivity index (χ0) is 14.5. The Labute approximate surface area is 128 Å². The monoisotopic (exact) mass is 294 g/mol. The van der Waals surface area contributed by atoms with Gasteiger partial charge in [-0.15, -0.1) is 0 Å². The molecule has 1 N–H and O–H groups in total. The van der Waals surface area contributed by atoms with Gasteiger partial charge in [-0.2, -0.15) is 0 Å². The van der Waals surface area contributed by atoms with Crippen LogP contribution in [0.2, 0.25) is 5.02 Å². The van der Waals surface area contributed by atoms with Crippen LogP contribution in [0, 0.1) is 5.92 Å². The lowest BCUT2D eigenvalue weighted by Gasteiger charge is -2.24. The SMILES string of the molecule is CC(C)NCc1ccc(N(C)CC2CCCC2)c(Cl)c1. The van der Waals surface area contributed by atoms with Crippen LogP contribution >= 0.6 is 11.6 Å². The van der Waals surface area contributed by atoms with Crippen molar-refractivity contribution in [3.63, 3.8) is 0 Å². The zero-order valence-electron chi connectivity index (χ0n) is 13.0. The van der Waals surface area contributed by atoms with Crippen LogP contribution in [0.4, 0.5) is 5.69 Å². The second kappa shape index (κ2) is 7.33. The molecule has 3 heteroatoms. The highest BCUT2D eigenvalue weighted by Crippen LogP contribution is 2.30. The topological polar surface area (TPSA) is 15.3 Å². The Hall–Kier alpha value is -0.730. The van der Waals surface area contributed by atoms with Crippen molar-refractivity contribution in [2.45, 2.75) is 52.1 Å². The van der Waals surface area contributed by atoms with Gasteiger partial charge in [0.15, 0.2) is 0 Å². The third-order valence-corrected chi connectivity index (χ3v) is 4.45. The summed E-state index contributed by atoms with van der Waals surface area (Å²) < 4.78 is 0. The Balaban J connectivity index is 1.97. The molecule has 1 fully saturated rings. The molecule has 0 aromatic heterocycles. The standard InChI is InChI=1S/C17H27ClN2/c1-13(2)19-11-15-8-9-17(16(18)10-15)20(3)12-14-6-4-5-7-14/h8-10,13-14,19H,4-7,11-12H2,1-3H3. The van der Waals surface area contributed by atoms with Crippen LogP contribution in [0.3, 0.4) is 0 Å². The maximum absolute atomic E-state index is 6.46. The van der Waals surface area contributed by atoms with Crippen LogP contribution < -0.4 is 10.2 Å². The largest absolute Gasteiger partial charge is 0.373 e. The van der Waals surface area contributed by atoms with Crippen molar-refractivity contribution in [2.24, 2.45) is 5.92 Å². The van der Waals surface area contributed by atoms with Crippen LogP contribution in [0.1, 0.15) is 45.1 Å². The van der Waals surface area contributed by atoms with Crippen molar-refractivity contribution in [3.05, 3.63) is 28.8 Å². The number of nitrogens with zero attached hydrogens (tertiary/aromatic N) is 1. The van der Waals surface area contributed by atoms with Gasteiger partial charge in [0.1, 0.15) is 0 Å². The fraction of sp³-hybridized carbons (Fsp3) is 0.647. The molecule has 1 aliphatic carbocycles. The van der Waals surface area contributed by atoms with Crippen LogP contribution in [0.25, 0.3) is 0 Å². The number of hydrogen-bond acceptors (Lipinski definition) is 2. The minimum Gasteiger partial charge on any atom is -0.373 e. The average Bonchev–Trinajstić information content (AvgIpc) is 2.89. The van der Waals surface area contributed by atoms with E-state index in [0.717, 1.165) is 29.7 Å². The number of rotatable bonds is 6. The Morgan fingerprint density at radius 1 is 1.30 bits per heavy atom. The minimum absolute atomic E-state index is 0.499. The molecule has 0 atom stereocenters. The summed E-state index contributed by atoms with van der Waals surface area (Å²) >= 11 is 6.46. The van der Waals surface area contributed by atoms with Gasteiger partial charge in [0.2, 0.25) is 0 Å². The summed E-state index contributed by atoms with van der Waals surface area (Å²) in [5, 5.41) is 4.29. The predicted molar refractivity (Wildman–Crippen MR) is 88.7 cm³/mol. The molecule has 0 aliphatic heterocycles. The van der Waals surface area contributed by atoms with Crippen LogP contribution in [0.5, 0.6) is 0 Å². The molecule has 0 heterocycles. The molecule has 2 nitrogen and oxygen atoms in total. The van der Waals surface area contributed by atoms with E-state index < -0.39 is 0 Å². The van der Waals surface area contributed by atoms with Crippen molar-refractivity contribution in [2.75, 3.05) is 18.5 Å². The van der Waals surface area contributed by atoms with E-state index >= 15 is 0 Å². The normalized spacial score (nSPS) is 16.1. The molecule has 0 amide bonds. The zero-order valence-corrected chi connectivity index (χ0v) is 13.7. The molecular weight excluding hydrogens is 268 g/mol. The highest BCUT2D eigenvalue weighted by molar-refractivity contribution is 6.33. The summed E-state index contributed by atoms with van der Waals surface area (Å²) in [6.45, 7) is 6.32. The molecule has 1 aromatic carbocycles. The van der Waals surface area contributed by atoms with Crippen molar-refractivity contribution < 1.29 is 0 Å². The molecule has 112 valence electrons. The van der Waals surface area contributed by atoms with E-state index in [1.165, 1.54) is 31.2 Å². The smallest absolute Gasteiger partial charge is 0.0642 e. The lowest BCUT2D eigenvalue weighted by atomic mass is 10.1. The molecule has 0 unspecified atom stereocenters. The maximum Gasteiger partial charge on any atom is 0.0642 e. The second-order valence-electron chi connectivity index (χ2n) is 6.35. The quantitative estimate of drug-likeness (QED) is 0.833. The second-order valence-corrected chi connectivity index (χ2v) is 6.76. The first-order chi connectivity index (χ1) is 9.56. The third-order valence-electron chi connectivity index (χ3n) is 4.14. The van der Waals surface area contributed by atoms with Gasteiger partial charge in [0.05, 0.1) is 10.7 Å². The number of halogens is 1. The van der Waals surface area contributed by atoms with Gasteiger partial charge >= 0.3 is 0 Å². The summed E-state index contributed by atoms with van der Waals surface area (Å²) in [7, 11) is 2.16. The van der Waals surface area contributed by atoms with Gasteiger partial charge in [0, 0.05) is 26.2 Å². The number of hydrogen-bond donors (Lipinski definition) is 1. The fourth-order valence-electron chi connectivity index (χ4n) is 2.97. The number of anilines is 1. The molecule has 0 saturated heterocycles. The lowest BCUT2D eigenvalue weighted by molar-refractivity contribution is 0.547. The van der Waals surface area contributed by atoms with Gasteiger partial charge in [-0.3, -0.25) is 0 Å². The Kier molecular flexibility index (Phi) is 5.74. The van der Waals surface area contributed by atoms with Gasteiger partial charge in [0.25, 0.3) is 0 Å². The molecule has 0 spiro atoms. The average molecular weight is 295 g/mol. The summed E-state index contributed by atoms with van der Waals surface area (Å²) in [6, 6.07) is 6.94. The molecule has 1 saturated carbocycles. The van der Waals surface area contributed by atoms with Crippen molar-refractivity contribution in [1.29, 1.82) is 0 Å². The first-order valence-electron chi connectivity index (χ1n) is 7.79. The van der Waals surface area contributed by atoms with Crippen molar-refractivity contribution >= 4 is 17.3 Å². The molecule has 2 rings (SSSR count). The van der Waals surface area contributed by atoms with E-state index in [9.17, 15) is 0 Å². The molecular formula is C17H27ClN2. The van der Waals surface area contributed by atoms with Crippen LogP contribution in [-0.2, 0) is 6.54 Å². The lowest BCUT2D eigenvalue weighted by Crippen LogP contribution is -2.24. The molecule has 1 aliphatic rings. The van der Waals surface area contributed by atoms with Gasteiger partial charge in [-0.05, 0) is 36.5 Å². The van der Waals surface area contributed by atoms with E-state index in [1.54, 1.807) is 0 Å². The first-order valence-corrected chi connectivity index (χ1v) is 8.17. The highest BCUT2D eigenvalue weighted by Gasteiger charge is 2.18. The van der Waals surface area contributed by atoms with Gasteiger partial charge < -0.3 is 10.2 Å². The van der Waals surface area contributed by atoms with Gasteiger partial charge in [-0.1, -0.05) is 44.4 Å². The molecule has 1 aromatic rings. The Morgan fingerprint density at radius 3 is 2.60 bits per heavy atom. The number of benzene rings is 1. The summed E-state index contributed by atoms with van der Waals surface area (Å²) in [6.07, 6.45) is 5.54. The van der Waals surface area contributed by atoms with Crippen LogP contribution in [0.15, 0.2) is 18.2 Å². The fourth-order valence-corrected chi connectivity index (χ4v) is 3.32. The Bertz CT molecular complexity index is 425. The summed E-state index contributed by atoms with van der Waals surface area (Å²) in [4.78, 5) is 2.32. The highest BCUT2D eigenvalue weighted by atomic mass is 35.5. The maximum atomic E-state index is 6.46. The van der Waals surface area contributed by atoms with Crippen molar-refractivity contribution in [3.8, 4) is 0 Å². The van der Waals surface area contributed by atoms with E-state index in [-0.39, 0.29) is 0 Å².